The Balaban J connectivity index is 2.19. The van der Waals surface area contributed by atoms with Crippen molar-refractivity contribution in [3.05, 3.63) is 29.3 Å². The highest BCUT2D eigenvalue weighted by Gasteiger charge is 2.38. The van der Waals surface area contributed by atoms with Gasteiger partial charge in [-0.3, -0.25) is 9.59 Å². The van der Waals surface area contributed by atoms with Gasteiger partial charge in [-0.25, -0.2) is 0 Å². The number of hydrogen-bond donors (Lipinski definition) is 2. The van der Waals surface area contributed by atoms with Crippen LogP contribution in [0.2, 0.25) is 0 Å². The summed E-state index contributed by atoms with van der Waals surface area (Å²) in [6.07, 6.45) is -6.39. The lowest BCUT2D eigenvalue weighted by Crippen LogP contribution is -2.41. The summed E-state index contributed by atoms with van der Waals surface area (Å²) in [5.74, 6) is -0.884. The number of carbonyl (C=O) groups is 2. The third-order valence-electron chi connectivity index (χ3n) is 3.59. The highest BCUT2D eigenvalue weighted by atomic mass is 19.4. The molecule has 8 heteroatoms. The average molecular weight is 330 g/mol. The largest absolute Gasteiger partial charge is 0.416 e. The molecule has 126 valence electrons. The van der Waals surface area contributed by atoms with Crippen molar-refractivity contribution >= 4 is 17.5 Å². The van der Waals surface area contributed by atoms with Crippen molar-refractivity contribution in [3.63, 3.8) is 0 Å². The molecule has 1 heterocycles. The molecule has 1 atom stereocenters. The summed E-state index contributed by atoms with van der Waals surface area (Å²) in [6, 6.07) is 4.84. The Morgan fingerprint density at radius 1 is 1.43 bits per heavy atom. The molecule has 0 bridgehead atoms. The molecular formula is C15H17F3N2O3. The standard InChI is InChI=1S/C15H17F3N2O3/c1-9-4-5-11(20-6-2-3-13(20)22)10(7-9)14(23)19-8-12(21)15(16,17)18/h4-5,7,12,21H,2-3,6,8H2,1H3,(H,19,23)/t12-/m1/s1. The Morgan fingerprint density at radius 2 is 2.13 bits per heavy atom. The fraction of sp³-hybridized carbons (Fsp3) is 0.467. The van der Waals surface area contributed by atoms with E-state index >= 15 is 0 Å². The number of halogens is 3. The summed E-state index contributed by atoms with van der Waals surface area (Å²) in [5.41, 5.74) is 1.23. The number of hydrogen-bond acceptors (Lipinski definition) is 3. The molecule has 0 radical (unpaired) electrons. The number of amides is 2. The Hall–Kier alpha value is -2.09. The molecule has 0 unspecified atom stereocenters. The smallest absolute Gasteiger partial charge is 0.382 e. The number of carbonyl (C=O) groups excluding carboxylic acids is 2. The summed E-state index contributed by atoms with van der Waals surface area (Å²) in [5, 5.41) is 11.0. The van der Waals surface area contributed by atoms with E-state index in [0.29, 0.717) is 25.1 Å². The van der Waals surface area contributed by atoms with E-state index in [9.17, 15) is 22.8 Å². The Labute approximate surface area is 131 Å². The van der Waals surface area contributed by atoms with E-state index in [2.05, 4.69) is 5.32 Å². The normalized spacial score (nSPS) is 16.6. The third-order valence-corrected chi connectivity index (χ3v) is 3.59. The van der Waals surface area contributed by atoms with Crippen LogP contribution < -0.4 is 10.2 Å². The van der Waals surface area contributed by atoms with Crippen LogP contribution in [0.25, 0.3) is 0 Å². The van der Waals surface area contributed by atoms with Gasteiger partial charge in [-0.15, -0.1) is 0 Å². The van der Waals surface area contributed by atoms with Gasteiger partial charge in [0.25, 0.3) is 5.91 Å². The maximum absolute atomic E-state index is 12.3. The maximum Gasteiger partial charge on any atom is 0.416 e. The maximum atomic E-state index is 12.3. The van der Waals surface area contributed by atoms with E-state index < -0.39 is 24.7 Å². The number of benzene rings is 1. The Bertz CT molecular complexity index is 616. The summed E-state index contributed by atoms with van der Waals surface area (Å²) in [4.78, 5) is 25.5. The molecule has 23 heavy (non-hydrogen) atoms. The minimum atomic E-state index is -4.80. The minimum Gasteiger partial charge on any atom is -0.382 e. The quantitative estimate of drug-likeness (QED) is 0.884. The van der Waals surface area contributed by atoms with Crippen LogP contribution in [0.15, 0.2) is 18.2 Å². The van der Waals surface area contributed by atoms with Gasteiger partial charge in [-0.1, -0.05) is 11.6 Å². The first-order chi connectivity index (χ1) is 10.7. The van der Waals surface area contributed by atoms with Crippen LogP contribution in [0, 0.1) is 6.92 Å². The van der Waals surface area contributed by atoms with Crippen molar-refractivity contribution in [1.82, 2.24) is 5.32 Å². The Kier molecular flexibility index (Phi) is 4.93. The topological polar surface area (TPSA) is 69.6 Å². The molecule has 2 rings (SSSR count). The molecule has 0 aliphatic carbocycles. The number of aliphatic hydroxyl groups is 1. The molecule has 1 saturated heterocycles. The molecule has 2 N–H and O–H groups in total. The molecular weight excluding hydrogens is 313 g/mol. The van der Waals surface area contributed by atoms with E-state index in [-0.39, 0.29) is 11.5 Å². The lowest BCUT2D eigenvalue weighted by Gasteiger charge is -2.21. The third kappa shape index (κ3) is 4.01. The van der Waals surface area contributed by atoms with Gasteiger partial charge in [0.05, 0.1) is 17.8 Å². The first kappa shape index (κ1) is 17.3. The molecule has 1 aliphatic rings. The Morgan fingerprint density at radius 3 is 2.70 bits per heavy atom. The molecule has 1 aromatic carbocycles. The molecule has 1 fully saturated rings. The number of rotatable bonds is 4. The van der Waals surface area contributed by atoms with E-state index in [1.54, 1.807) is 19.1 Å². The summed E-state index contributed by atoms with van der Waals surface area (Å²) in [6.45, 7) is 1.26. The molecule has 2 amide bonds. The van der Waals surface area contributed by atoms with E-state index in [4.69, 9.17) is 5.11 Å². The zero-order valence-electron chi connectivity index (χ0n) is 12.5. The summed E-state index contributed by atoms with van der Waals surface area (Å²) in [7, 11) is 0. The molecule has 1 aliphatic heterocycles. The second kappa shape index (κ2) is 6.57. The van der Waals surface area contributed by atoms with E-state index in [1.165, 1.54) is 11.0 Å². The van der Waals surface area contributed by atoms with Gasteiger partial charge in [0, 0.05) is 13.0 Å². The van der Waals surface area contributed by atoms with Gasteiger partial charge in [-0.2, -0.15) is 13.2 Å². The van der Waals surface area contributed by atoms with Crippen molar-refractivity contribution in [2.45, 2.75) is 32.0 Å². The summed E-state index contributed by atoms with van der Waals surface area (Å²) >= 11 is 0. The predicted molar refractivity (Wildman–Crippen MR) is 77.2 cm³/mol. The van der Waals surface area contributed by atoms with Crippen LogP contribution in [0.3, 0.4) is 0 Å². The SMILES string of the molecule is Cc1ccc(N2CCCC2=O)c(C(=O)NC[C@@H](O)C(F)(F)F)c1. The first-order valence-corrected chi connectivity index (χ1v) is 7.14. The van der Waals surface area contributed by atoms with Gasteiger partial charge >= 0.3 is 6.18 Å². The molecule has 0 aromatic heterocycles. The lowest BCUT2D eigenvalue weighted by atomic mass is 10.1. The number of alkyl halides is 3. The van der Waals surface area contributed by atoms with Crippen molar-refractivity contribution in [3.8, 4) is 0 Å². The number of aryl methyl sites for hydroxylation is 1. The first-order valence-electron chi connectivity index (χ1n) is 7.14. The molecule has 0 spiro atoms. The van der Waals surface area contributed by atoms with Gasteiger partial charge in [0.1, 0.15) is 0 Å². The second-order valence-corrected chi connectivity index (χ2v) is 5.44. The average Bonchev–Trinajstić information content (AvgIpc) is 2.89. The lowest BCUT2D eigenvalue weighted by molar-refractivity contribution is -0.201. The van der Waals surface area contributed by atoms with Crippen molar-refractivity contribution in [2.75, 3.05) is 18.0 Å². The predicted octanol–water partition coefficient (Wildman–Crippen LogP) is 1.77. The van der Waals surface area contributed by atoms with Crippen LogP contribution >= 0.6 is 0 Å². The van der Waals surface area contributed by atoms with Crippen molar-refractivity contribution in [1.29, 1.82) is 0 Å². The number of aliphatic hydroxyl groups excluding tert-OH is 1. The van der Waals surface area contributed by atoms with E-state index in [1.807, 2.05) is 0 Å². The van der Waals surface area contributed by atoms with Crippen LogP contribution in [-0.2, 0) is 4.79 Å². The van der Waals surface area contributed by atoms with Gasteiger partial charge in [0.2, 0.25) is 5.91 Å². The fourth-order valence-corrected chi connectivity index (χ4v) is 2.37. The highest BCUT2D eigenvalue weighted by molar-refractivity contribution is 6.05. The molecule has 5 nitrogen and oxygen atoms in total. The number of anilines is 1. The highest BCUT2D eigenvalue weighted by Crippen LogP contribution is 2.27. The second-order valence-electron chi connectivity index (χ2n) is 5.44. The summed E-state index contributed by atoms with van der Waals surface area (Å²) < 4.78 is 36.9. The van der Waals surface area contributed by atoms with Gasteiger partial charge in [0.15, 0.2) is 6.10 Å². The van der Waals surface area contributed by atoms with Crippen molar-refractivity contribution in [2.24, 2.45) is 0 Å². The van der Waals surface area contributed by atoms with Crippen LogP contribution in [0.4, 0.5) is 18.9 Å². The zero-order valence-corrected chi connectivity index (χ0v) is 12.5. The van der Waals surface area contributed by atoms with E-state index in [0.717, 1.165) is 5.56 Å². The van der Waals surface area contributed by atoms with Gasteiger partial charge in [-0.05, 0) is 25.5 Å². The van der Waals surface area contributed by atoms with Crippen LogP contribution in [0.1, 0.15) is 28.8 Å². The number of nitrogens with zero attached hydrogens (tertiary/aromatic N) is 1. The van der Waals surface area contributed by atoms with Crippen LogP contribution in [-0.4, -0.2) is 42.3 Å². The monoisotopic (exact) mass is 330 g/mol. The molecule has 1 aromatic rings. The van der Waals surface area contributed by atoms with Gasteiger partial charge < -0.3 is 15.3 Å². The molecule has 0 saturated carbocycles. The minimum absolute atomic E-state index is 0.120. The number of nitrogens with one attached hydrogen (secondary N) is 1. The van der Waals surface area contributed by atoms with Crippen LogP contribution in [0.5, 0.6) is 0 Å². The van der Waals surface area contributed by atoms with Crippen molar-refractivity contribution < 1.29 is 27.9 Å². The fourth-order valence-electron chi connectivity index (χ4n) is 2.37. The zero-order chi connectivity index (χ0) is 17.2.